The summed E-state index contributed by atoms with van der Waals surface area (Å²) in [5.41, 5.74) is 9.55. The number of benzene rings is 2. The predicted octanol–water partition coefficient (Wildman–Crippen LogP) is 1.23. The summed E-state index contributed by atoms with van der Waals surface area (Å²) in [6.07, 6.45) is 4.10. The van der Waals surface area contributed by atoms with Gasteiger partial charge in [-0.15, -0.1) is 34.5 Å². The van der Waals surface area contributed by atoms with Gasteiger partial charge in [-0.25, -0.2) is 0 Å². The monoisotopic (exact) mass is 552 g/mol. The number of rotatable bonds is 1. The van der Waals surface area contributed by atoms with Gasteiger partial charge in [-0.2, -0.15) is 6.07 Å². The molecule has 4 aliphatic rings. The molecule has 1 nitrogen and oxygen atoms in total. The van der Waals surface area contributed by atoms with Crippen molar-refractivity contribution in [2.75, 3.05) is 0 Å². The quantitative estimate of drug-likeness (QED) is 0.317. The number of hydrogen-bond donors (Lipinski definition) is 0. The molecule has 0 atom stereocenters. The molecule has 3 aromatic rings. The molecular formula is C27H26Cl2NSiZr. The summed E-state index contributed by atoms with van der Waals surface area (Å²) in [4.78, 5) is 4.42. The summed E-state index contributed by atoms with van der Waals surface area (Å²) < 4.78 is 0. The van der Waals surface area contributed by atoms with E-state index in [1.165, 1.54) is 49.9 Å². The van der Waals surface area contributed by atoms with Crippen LogP contribution in [0.1, 0.15) is 18.1 Å². The third kappa shape index (κ3) is 4.14. The first-order chi connectivity index (χ1) is 13.9. The average Bonchev–Trinajstić information content (AvgIpc) is 3.38. The summed E-state index contributed by atoms with van der Waals surface area (Å²) in [6, 6.07) is 19.8. The van der Waals surface area contributed by atoms with Gasteiger partial charge in [0.2, 0.25) is 0 Å². The number of aliphatic imine (C=N–C) groups is 1. The van der Waals surface area contributed by atoms with Gasteiger partial charge in [-0.05, 0) is 41.5 Å². The van der Waals surface area contributed by atoms with E-state index >= 15 is 0 Å². The Morgan fingerprint density at radius 2 is 1.56 bits per heavy atom. The van der Waals surface area contributed by atoms with Gasteiger partial charge in [-0.3, -0.25) is 4.99 Å². The van der Waals surface area contributed by atoms with Gasteiger partial charge in [0.05, 0.1) is 5.71 Å². The number of fused-ring (bicyclic) bond motifs is 1. The summed E-state index contributed by atoms with van der Waals surface area (Å²) >= 11 is 0. The van der Waals surface area contributed by atoms with Gasteiger partial charge in [0.1, 0.15) is 8.07 Å². The molecule has 0 fully saturated rings. The topological polar surface area (TPSA) is 12.4 Å². The summed E-state index contributed by atoms with van der Waals surface area (Å²) in [5, 5.41) is 5.96. The summed E-state index contributed by atoms with van der Waals surface area (Å²) in [5.74, 6) is 0. The number of hydrogen-bond acceptors (Lipinski definition) is 1. The van der Waals surface area contributed by atoms with E-state index in [0.29, 0.717) is 0 Å². The van der Waals surface area contributed by atoms with Crippen molar-refractivity contribution in [3.63, 3.8) is 0 Å². The van der Waals surface area contributed by atoms with Crippen LogP contribution in [0.5, 0.6) is 0 Å². The molecule has 0 saturated carbocycles. The predicted molar refractivity (Wildman–Crippen MR) is 128 cm³/mol. The van der Waals surface area contributed by atoms with Gasteiger partial charge in [0.25, 0.3) is 0 Å². The number of allylic oxidation sites excluding steroid dienone is 5. The molecule has 1 radical (unpaired) electrons. The van der Waals surface area contributed by atoms with Crippen LogP contribution >= 0.6 is 0 Å². The third-order valence-electron chi connectivity index (χ3n) is 6.46. The molecule has 161 valence electrons. The first-order valence-corrected chi connectivity index (χ1v) is 13.3. The average molecular weight is 555 g/mol. The van der Waals surface area contributed by atoms with Crippen LogP contribution in [-0.2, 0) is 26.2 Å². The zero-order chi connectivity index (χ0) is 20.3. The minimum Gasteiger partial charge on any atom is -1.00 e. The Morgan fingerprint density at radius 1 is 0.875 bits per heavy atom. The zero-order valence-corrected chi connectivity index (χ0v) is 24.0. The van der Waals surface area contributed by atoms with E-state index in [0.717, 1.165) is 0 Å². The standard InChI is InChI=1S/C17H15.C10H11NSi.2ClH.Zr/c1-12-6-8-14(9-7-12)16-5-3-4-15-10-13(2)11-17(15)16;1-6-9-7-4-5-11-8(7)10(6)12(9,2)3;;;/h3-11H,1-2H3;4-5H,1-3H3;2*1H;/q-1;;;;+3/p-2. The van der Waals surface area contributed by atoms with Crippen molar-refractivity contribution < 1.29 is 51.0 Å². The van der Waals surface area contributed by atoms with Crippen molar-refractivity contribution in [1.82, 2.24) is 0 Å². The molecular weight excluding hydrogens is 529 g/mol. The minimum atomic E-state index is -1.13. The second-order valence-electron chi connectivity index (χ2n) is 8.91. The van der Waals surface area contributed by atoms with Gasteiger partial charge in [0, 0.05) is 11.8 Å². The molecule has 2 bridgehead atoms. The van der Waals surface area contributed by atoms with Crippen molar-refractivity contribution in [2.24, 2.45) is 4.99 Å². The van der Waals surface area contributed by atoms with Crippen LogP contribution in [0.2, 0.25) is 13.1 Å². The fourth-order valence-corrected chi connectivity index (χ4v) is 9.10. The smallest absolute Gasteiger partial charge is 1.00 e. The molecule has 3 heterocycles. The van der Waals surface area contributed by atoms with Crippen LogP contribution in [-0.4, -0.2) is 13.8 Å². The van der Waals surface area contributed by atoms with Crippen LogP contribution in [0.25, 0.3) is 21.9 Å². The second kappa shape index (κ2) is 9.85. The van der Waals surface area contributed by atoms with Crippen LogP contribution in [0.4, 0.5) is 0 Å². The Bertz CT molecular complexity index is 1290. The van der Waals surface area contributed by atoms with Gasteiger partial charge in [0.15, 0.2) is 0 Å². The fourth-order valence-electron chi connectivity index (χ4n) is 5.24. The zero-order valence-electron chi connectivity index (χ0n) is 19.1. The molecule has 0 saturated heterocycles. The Morgan fingerprint density at radius 3 is 2.19 bits per heavy atom. The summed E-state index contributed by atoms with van der Waals surface area (Å²) in [7, 11) is -1.13. The third-order valence-corrected chi connectivity index (χ3v) is 10.2. The van der Waals surface area contributed by atoms with Crippen molar-refractivity contribution in [2.45, 2.75) is 33.9 Å². The van der Waals surface area contributed by atoms with Crippen molar-refractivity contribution in [3.8, 4) is 11.1 Å². The minimum absolute atomic E-state index is 0. The van der Waals surface area contributed by atoms with E-state index < -0.39 is 8.07 Å². The molecule has 0 spiro atoms. The first kappa shape index (κ1) is 26.9. The van der Waals surface area contributed by atoms with Crippen LogP contribution in [0, 0.1) is 13.8 Å². The molecule has 1 aliphatic carbocycles. The largest absolute Gasteiger partial charge is 3.00 e. The maximum Gasteiger partial charge on any atom is 3.00 e. The first-order valence-electron chi connectivity index (χ1n) is 10.3. The van der Waals surface area contributed by atoms with Crippen molar-refractivity contribution >= 4 is 24.6 Å². The van der Waals surface area contributed by atoms with E-state index in [1.54, 1.807) is 10.4 Å². The Labute approximate surface area is 223 Å². The SMILES string of the molecule is CC1=C2C3=NC=CC3=C1[Si]2(C)C.Cc1ccc(-c2cccc3[cH-]c(C)cc23)cc1.[Cl-].[Cl-].[Zr+3]. The van der Waals surface area contributed by atoms with Gasteiger partial charge < -0.3 is 24.8 Å². The maximum atomic E-state index is 4.42. The van der Waals surface area contributed by atoms with E-state index in [2.05, 4.69) is 99.5 Å². The van der Waals surface area contributed by atoms with Gasteiger partial charge >= 0.3 is 26.2 Å². The van der Waals surface area contributed by atoms with Gasteiger partial charge in [-0.1, -0.05) is 61.5 Å². The van der Waals surface area contributed by atoms with E-state index in [1.807, 2.05) is 6.20 Å². The molecule has 3 aromatic carbocycles. The molecule has 32 heavy (non-hydrogen) atoms. The summed E-state index contributed by atoms with van der Waals surface area (Å²) in [6.45, 7) is 11.4. The van der Waals surface area contributed by atoms with E-state index in [4.69, 9.17) is 0 Å². The number of aryl methyl sites for hydroxylation is 2. The number of halogens is 2. The molecule has 5 heteroatoms. The van der Waals surface area contributed by atoms with E-state index in [9.17, 15) is 0 Å². The molecule has 7 rings (SSSR count). The fraction of sp³-hybridized carbons (Fsp3) is 0.185. The Hall–Kier alpha value is -1.38. The van der Waals surface area contributed by atoms with Crippen LogP contribution < -0.4 is 24.8 Å². The van der Waals surface area contributed by atoms with Crippen molar-refractivity contribution in [1.29, 1.82) is 0 Å². The maximum absolute atomic E-state index is 4.42. The van der Waals surface area contributed by atoms with Crippen molar-refractivity contribution in [3.05, 3.63) is 99.5 Å². The van der Waals surface area contributed by atoms with Crippen LogP contribution in [0.15, 0.2) is 93.4 Å². The normalized spacial score (nSPS) is 16.2. The molecule has 0 unspecified atom stereocenters. The number of nitrogens with zero attached hydrogens (tertiary/aromatic N) is 1. The second-order valence-corrected chi connectivity index (χ2v) is 13.2. The Kier molecular flexibility index (Phi) is 8.27. The Balaban J connectivity index is 0.000000216. The van der Waals surface area contributed by atoms with E-state index in [-0.39, 0.29) is 51.0 Å². The molecule has 0 amide bonds. The molecule has 0 N–H and O–H groups in total. The molecule has 0 aromatic heterocycles. The molecule has 3 aliphatic heterocycles. The van der Waals surface area contributed by atoms with Crippen LogP contribution in [0.3, 0.4) is 0 Å².